The molecular weight excluding hydrogens is 622 g/mol. The van der Waals surface area contributed by atoms with Crippen LogP contribution in [0, 0.1) is 0 Å². The van der Waals surface area contributed by atoms with Crippen LogP contribution in [0.4, 0.5) is 0 Å². The lowest BCUT2D eigenvalue weighted by Gasteiger charge is -2.33. The average Bonchev–Trinajstić information content (AvgIpc) is 3.71. The summed E-state index contributed by atoms with van der Waals surface area (Å²) < 4.78 is 34.3. The van der Waals surface area contributed by atoms with E-state index in [0.717, 1.165) is 29.5 Å². The van der Waals surface area contributed by atoms with Crippen molar-refractivity contribution in [2.45, 2.75) is 49.8 Å². The lowest BCUT2D eigenvalue weighted by Crippen LogP contribution is -2.40. The van der Waals surface area contributed by atoms with E-state index in [1.165, 1.54) is 12.1 Å². The van der Waals surface area contributed by atoms with Gasteiger partial charge in [0.1, 0.15) is 11.9 Å². The molecule has 216 valence electrons. The van der Waals surface area contributed by atoms with Crippen LogP contribution in [0.2, 0.25) is 0 Å². The smallest absolute Gasteiger partial charge is 0.353 e. The number of carboxylic acid groups (broad SMARTS) is 1. The van der Waals surface area contributed by atoms with Crippen LogP contribution in [0.25, 0.3) is 22.3 Å². The number of aliphatic carboxylic acids is 1. The predicted molar refractivity (Wildman–Crippen MR) is 160 cm³/mol. The van der Waals surface area contributed by atoms with Crippen molar-refractivity contribution in [2.24, 2.45) is 0 Å². The highest BCUT2D eigenvalue weighted by molar-refractivity contribution is 9.10. The Hall–Kier alpha value is -4.09. The van der Waals surface area contributed by atoms with E-state index in [0.29, 0.717) is 28.1 Å². The monoisotopic (exact) mass is 649 g/mol. The van der Waals surface area contributed by atoms with Gasteiger partial charge >= 0.3 is 5.97 Å². The molecule has 0 bridgehead atoms. The lowest BCUT2D eigenvalue weighted by molar-refractivity contribution is -0.134. The van der Waals surface area contributed by atoms with Crippen molar-refractivity contribution in [3.05, 3.63) is 101 Å². The molecule has 1 saturated carbocycles. The highest BCUT2D eigenvalue weighted by Gasteiger charge is 2.42. The van der Waals surface area contributed by atoms with Gasteiger partial charge in [-0.25, -0.2) is 17.9 Å². The number of carbonyl (C=O) groups is 2. The van der Waals surface area contributed by atoms with Crippen LogP contribution < -0.4 is 4.72 Å². The Kier molecular flexibility index (Phi) is 7.32. The number of fused-ring (bicyclic) bond motifs is 1. The fourth-order valence-electron chi connectivity index (χ4n) is 5.70. The van der Waals surface area contributed by atoms with E-state index in [1.807, 2.05) is 17.9 Å². The number of sulfonamides is 1. The lowest BCUT2D eigenvalue weighted by atomic mass is 9.97. The fraction of sp³-hybridized carbons (Fsp3) is 0.226. The summed E-state index contributed by atoms with van der Waals surface area (Å²) in [5.41, 5.74) is 3.92. The molecule has 2 aliphatic carbocycles. The summed E-state index contributed by atoms with van der Waals surface area (Å²) >= 11 is 3.72. The van der Waals surface area contributed by atoms with E-state index in [1.54, 1.807) is 61.2 Å². The van der Waals surface area contributed by atoms with E-state index in [2.05, 4.69) is 25.6 Å². The molecule has 1 amide bonds. The molecule has 9 nitrogen and oxygen atoms in total. The maximum absolute atomic E-state index is 13.5. The minimum atomic E-state index is -4.12. The summed E-state index contributed by atoms with van der Waals surface area (Å²) in [7, 11) is -4.12. The Morgan fingerprint density at radius 3 is 2.43 bits per heavy atom. The molecule has 42 heavy (non-hydrogen) atoms. The zero-order chi connectivity index (χ0) is 29.6. The van der Waals surface area contributed by atoms with Crippen molar-refractivity contribution in [1.29, 1.82) is 0 Å². The van der Waals surface area contributed by atoms with Gasteiger partial charge in [0.15, 0.2) is 0 Å². The van der Waals surface area contributed by atoms with Crippen LogP contribution in [0.1, 0.15) is 42.1 Å². The highest BCUT2D eigenvalue weighted by Crippen LogP contribution is 2.48. The molecule has 1 unspecified atom stereocenters. The maximum atomic E-state index is 13.5. The molecule has 0 spiro atoms. The average molecular weight is 651 g/mol. The second-order valence-corrected chi connectivity index (χ2v) is 12.8. The van der Waals surface area contributed by atoms with Crippen LogP contribution in [0.3, 0.4) is 0 Å². The number of carboxylic acids is 1. The van der Waals surface area contributed by atoms with Crippen LogP contribution in [-0.4, -0.2) is 47.4 Å². The zero-order valence-corrected chi connectivity index (χ0v) is 25.1. The Bertz CT molecular complexity index is 1780. The van der Waals surface area contributed by atoms with E-state index in [-0.39, 0.29) is 28.9 Å². The van der Waals surface area contributed by atoms with E-state index < -0.39 is 21.9 Å². The number of nitrogens with zero attached hydrogens (tertiary/aromatic N) is 2. The number of benzene rings is 2. The van der Waals surface area contributed by atoms with Crippen LogP contribution in [0.15, 0.2) is 98.9 Å². The molecular formula is C31H28BrN3O6S. The largest absolute Gasteiger partial charge is 0.477 e. The molecule has 2 aromatic rings. The van der Waals surface area contributed by atoms with Crippen molar-refractivity contribution in [3.63, 3.8) is 0 Å². The number of hydrogen-bond acceptors (Lipinski definition) is 7. The first kappa shape index (κ1) is 28.0. The summed E-state index contributed by atoms with van der Waals surface area (Å²) in [5, 5.41) is 10.1. The van der Waals surface area contributed by atoms with Gasteiger partial charge in [-0.15, -0.1) is 0 Å². The van der Waals surface area contributed by atoms with Gasteiger partial charge in [0, 0.05) is 39.9 Å². The first-order valence-electron chi connectivity index (χ1n) is 13.6. The molecule has 0 saturated heterocycles. The van der Waals surface area contributed by atoms with Crippen LogP contribution in [0.5, 0.6) is 0 Å². The minimum Gasteiger partial charge on any atom is -0.477 e. The first-order chi connectivity index (χ1) is 20.2. The van der Waals surface area contributed by atoms with Gasteiger partial charge in [0.05, 0.1) is 17.4 Å². The first-order valence-corrected chi connectivity index (χ1v) is 15.9. The van der Waals surface area contributed by atoms with Gasteiger partial charge < -0.3 is 19.3 Å². The second kappa shape index (κ2) is 11.0. The van der Waals surface area contributed by atoms with E-state index in [4.69, 9.17) is 4.42 Å². The number of halogens is 1. The Labute approximate surface area is 252 Å². The molecule has 2 N–H and O–H groups in total. The molecule has 2 aromatic carbocycles. The number of rotatable bonds is 9. The van der Waals surface area contributed by atoms with Crippen LogP contribution >= 0.6 is 15.9 Å². The van der Waals surface area contributed by atoms with Gasteiger partial charge in [0.2, 0.25) is 0 Å². The summed E-state index contributed by atoms with van der Waals surface area (Å²) in [5.74, 6) is -1.78. The number of amides is 1. The number of hydrogen-bond donors (Lipinski definition) is 2. The highest BCUT2D eigenvalue weighted by atomic mass is 79.9. The molecule has 6 rings (SSSR count). The van der Waals surface area contributed by atoms with Gasteiger partial charge in [-0.2, -0.15) is 0 Å². The maximum Gasteiger partial charge on any atom is 0.353 e. The van der Waals surface area contributed by atoms with Crippen molar-refractivity contribution < 1.29 is 27.5 Å². The number of carbonyl (C=O) groups excluding carboxylic acids is 1. The second-order valence-electron chi connectivity index (χ2n) is 10.4. The summed E-state index contributed by atoms with van der Waals surface area (Å²) in [4.78, 5) is 30.0. The van der Waals surface area contributed by atoms with Gasteiger partial charge in [0.25, 0.3) is 15.9 Å². The molecule has 1 atom stereocenters. The van der Waals surface area contributed by atoms with Gasteiger partial charge in [-0.3, -0.25) is 4.79 Å². The summed E-state index contributed by atoms with van der Waals surface area (Å²) in [6.07, 6.45) is 7.53. The molecule has 1 fully saturated rings. The standard InChI is InChI=1S/C31H28BrN3O6S/c1-2-27-34(19-12-13-19)17-26(31(37)38)35(27)16-24-21-14-15-41-18-25(21)29(32)28(24)22-10-6-7-11-23(22)30(36)33-42(39,40)20-8-4-3-5-9-20/h3-11,14-15,17-19,27H,2,12-13,16H2,1H3,(H,33,36)(H,37,38). The number of nitrogens with one attached hydrogen (secondary N) is 1. The van der Waals surface area contributed by atoms with E-state index >= 15 is 0 Å². The summed E-state index contributed by atoms with van der Waals surface area (Å²) in [6, 6.07) is 16.6. The Morgan fingerprint density at radius 2 is 1.74 bits per heavy atom. The van der Waals surface area contributed by atoms with Crippen molar-refractivity contribution in [1.82, 2.24) is 14.5 Å². The molecule has 0 aromatic heterocycles. The van der Waals surface area contributed by atoms with E-state index in [9.17, 15) is 23.1 Å². The van der Waals surface area contributed by atoms with Gasteiger partial charge in [-0.1, -0.05) is 43.3 Å². The molecule has 2 heterocycles. The zero-order valence-electron chi connectivity index (χ0n) is 22.7. The molecule has 0 radical (unpaired) electrons. The molecule has 2 aliphatic heterocycles. The minimum absolute atomic E-state index is 0.0220. The van der Waals surface area contributed by atoms with Gasteiger partial charge in [-0.05, 0) is 76.1 Å². The Morgan fingerprint density at radius 1 is 1.02 bits per heavy atom. The van der Waals surface area contributed by atoms with Crippen molar-refractivity contribution in [3.8, 4) is 22.3 Å². The quantitative estimate of drug-likeness (QED) is 0.231. The SMILES string of the molecule is CCC1N(Cc2c3ccocc-3c(Br)c2-c2ccccc2C(=O)NS(=O)(=O)c2ccccc2)C(C(=O)O)=CN1C1CC1. The van der Waals surface area contributed by atoms with Crippen molar-refractivity contribution in [2.75, 3.05) is 0 Å². The fourth-order valence-corrected chi connectivity index (χ4v) is 7.44. The third kappa shape index (κ3) is 4.96. The normalized spacial score (nSPS) is 17.0. The van der Waals surface area contributed by atoms with Crippen molar-refractivity contribution >= 4 is 37.8 Å². The predicted octanol–water partition coefficient (Wildman–Crippen LogP) is 5.87. The topological polar surface area (TPSA) is 120 Å². The molecule has 11 heteroatoms. The Balaban J connectivity index is 1.45. The third-order valence-electron chi connectivity index (χ3n) is 7.76. The summed E-state index contributed by atoms with van der Waals surface area (Å²) in [6.45, 7) is 2.29. The third-order valence-corrected chi connectivity index (χ3v) is 9.93. The molecule has 4 aliphatic rings. The van der Waals surface area contributed by atoms with Crippen LogP contribution in [-0.2, 0) is 21.4 Å².